The maximum atomic E-state index is 13.5. The third-order valence-electron chi connectivity index (χ3n) is 5.74. The van der Waals surface area contributed by atoms with Crippen molar-refractivity contribution in [3.63, 3.8) is 0 Å². The summed E-state index contributed by atoms with van der Waals surface area (Å²) in [6.07, 6.45) is -1.04. The second-order valence-electron chi connectivity index (χ2n) is 8.34. The van der Waals surface area contributed by atoms with Crippen LogP contribution in [0.3, 0.4) is 0 Å². The average Bonchev–Trinajstić information content (AvgIpc) is 2.87. The SMILES string of the molecule is COc1ccc(S(=O)(=O)N2CC(C(=O)NCCOc3ccc(C)c(Cl)c3)Oc3cc(C)ccc32)cc1. The molecule has 0 bridgehead atoms. The Kier molecular flexibility index (Phi) is 7.61. The lowest BCUT2D eigenvalue weighted by atomic mass is 10.1. The second-order valence-corrected chi connectivity index (χ2v) is 10.6. The fraction of sp³-hybridized carbons (Fsp3) is 0.269. The lowest BCUT2D eigenvalue weighted by molar-refractivity contribution is -0.127. The number of methoxy groups -OCH3 is 1. The maximum absolute atomic E-state index is 13.5. The molecule has 0 spiro atoms. The first-order valence-electron chi connectivity index (χ1n) is 11.3. The number of halogens is 1. The highest BCUT2D eigenvalue weighted by molar-refractivity contribution is 7.92. The van der Waals surface area contributed by atoms with Gasteiger partial charge in [0.2, 0.25) is 0 Å². The van der Waals surface area contributed by atoms with E-state index in [0.29, 0.717) is 28.0 Å². The first kappa shape index (κ1) is 25.7. The van der Waals surface area contributed by atoms with Gasteiger partial charge in [0.05, 0.1) is 30.8 Å². The minimum absolute atomic E-state index is 0.0843. The van der Waals surface area contributed by atoms with Crippen LogP contribution in [0.1, 0.15) is 11.1 Å². The molecule has 1 unspecified atom stereocenters. The number of nitrogens with one attached hydrogen (secondary N) is 1. The van der Waals surface area contributed by atoms with E-state index in [4.69, 9.17) is 25.8 Å². The molecule has 1 aliphatic rings. The van der Waals surface area contributed by atoms with E-state index in [-0.39, 0.29) is 24.6 Å². The van der Waals surface area contributed by atoms with Crippen molar-refractivity contribution in [2.75, 3.05) is 31.1 Å². The van der Waals surface area contributed by atoms with Gasteiger partial charge in [-0.15, -0.1) is 0 Å². The summed E-state index contributed by atoms with van der Waals surface area (Å²) >= 11 is 6.11. The van der Waals surface area contributed by atoms with E-state index in [1.807, 2.05) is 19.9 Å². The van der Waals surface area contributed by atoms with Gasteiger partial charge in [0, 0.05) is 5.02 Å². The Balaban J connectivity index is 1.48. The molecule has 0 aliphatic carbocycles. The zero-order valence-corrected chi connectivity index (χ0v) is 21.7. The summed E-state index contributed by atoms with van der Waals surface area (Å²) in [4.78, 5) is 13.0. The van der Waals surface area contributed by atoms with Gasteiger partial charge < -0.3 is 19.5 Å². The molecule has 1 aliphatic heterocycles. The summed E-state index contributed by atoms with van der Waals surface area (Å²) in [5.74, 6) is 1.01. The monoisotopic (exact) mass is 530 g/mol. The predicted molar refractivity (Wildman–Crippen MR) is 138 cm³/mol. The van der Waals surface area contributed by atoms with Gasteiger partial charge in [0.15, 0.2) is 6.10 Å². The van der Waals surface area contributed by atoms with Gasteiger partial charge in [0.25, 0.3) is 15.9 Å². The number of fused-ring (bicyclic) bond motifs is 1. The molecule has 10 heteroatoms. The van der Waals surface area contributed by atoms with Crippen LogP contribution in [0.2, 0.25) is 5.02 Å². The predicted octanol–water partition coefficient (Wildman–Crippen LogP) is 4.12. The number of sulfonamides is 1. The smallest absolute Gasteiger partial charge is 0.264 e. The molecule has 0 fully saturated rings. The third kappa shape index (κ3) is 5.52. The van der Waals surface area contributed by atoms with Crippen LogP contribution in [0.15, 0.2) is 65.6 Å². The highest BCUT2D eigenvalue weighted by Gasteiger charge is 2.37. The molecule has 4 rings (SSSR count). The van der Waals surface area contributed by atoms with Crippen LogP contribution in [-0.2, 0) is 14.8 Å². The summed E-state index contributed by atoms with van der Waals surface area (Å²) in [7, 11) is -2.46. The molecule has 0 radical (unpaired) electrons. The number of ether oxygens (including phenoxy) is 3. The van der Waals surface area contributed by atoms with E-state index in [9.17, 15) is 13.2 Å². The van der Waals surface area contributed by atoms with Gasteiger partial charge in [-0.25, -0.2) is 8.42 Å². The van der Waals surface area contributed by atoms with E-state index in [1.54, 1.807) is 42.5 Å². The van der Waals surface area contributed by atoms with Gasteiger partial charge in [-0.05, 0) is 73.5 Å². The summed E-state index contributed by atoms with van der Waals surface area (Å²) in [5, 5.41) is 3.36. The van der Waals surface area contributed by atoms with Gasteiger partial charge in [0.1, 0.15) is 23.9 Å². The molecule has 3 aromatic rings. The summed E-state index contributed by atoms with van der Waals surface area (Å²) in [6, 6.07) is 16.7. The first-order valence-corrected chi connectivity index (χ1v) is 13.1. The zero-order chi connectivity index (χ0) is 25.9. The molecule has 3 aromatic carbocycles. The second kappa shape index (κ2) is 10.7. The fourth-order valence-electron chi connectivity index (χ4n) is 3.72. The fourth-order valence-corrected chi connectivity index (χ4v) is 5.37. The topological polar surface area (TPSA) is 94.2 Å². The van der Waals surface area contributed by atoms with Crippen molar-refractivity contribution in [1.29, 1.82) is 0 Å². The molecule has 0 saturated carbocycles. The van der Waals surface area contributed by atoms with E-state index < -0.39 is 22.0 Å². The normalized spacial score (nSPS) is 15.0. The van der Waals surface area contributed by atoms with Gasteiger partial charge >= 0.3 is 0 Å². The summed E-state index contributed by atoms with van der Waals surface area (Å²) < 4.78 is 45.0. The highest BCUT2D eigenvalue weighted by Crippen LogP contribution is 2.38. The molecule has 0 aromatic heterocycles. The van der Waals surface area contributed by atoms with Crippen LogP contribution < -0.4 is 23.8 Å². The van der Waals surface area contributed by atoms with Crippen molar-refractivity contribution in [2.45, 2.75) is 24.8 Å². The Hall–Kier alpha value is -3.43. The minimum Gasteiger partial charge on any atom is -0.497 e. The van der Waals surface area contributed by atoms with Gasteiger partial charge in [-0.3, -0.25) is 9.10 Å². The first-order chi connectivity index (χ1) is 17.2. The molecule has 0 saturated heterocycles. The molecule has 1 N–H and O–H groups in total. The Labute approximate surface area is 215 Å². The van der Waals surface area contributed by atoms with E-state index >= 15 is 0 Å². The van der Waals surface area contributed by atoms with Crippen LogP contribution in [0, 0.1) is 13.8 Å². The van der Waals surface area contributed by atoms with Crippen LogP contribution in [0.25, 0.3) is 0 Å². The number of amides is 1. The van der Waals surface area contributed by atoms with Crippen molar-refractivity contribution < 1.29 is 27.4 Å². The Morgan fingerprint density at radius 2 is 1.81 bits per heavy atom. The molecular weight excluding hydrogens is 504 g/mol. The van der Waals surface area contributed by atoms with Crippen molar-refractivity contribution in [3.05, 3.63) is 76.8 Å². The van der Waals surface area contributed by atoms with E-state index in [2.05, 4.69) is 5.32 Å². The van der Waals surface area contributed by atoms with Crippen LogP contribution in [-0.4, -0.2) is 47.2 Å². The number of nitrogens with zero attached hydrogens (tertiary/aromatic N) is 1. The van der Waals surface area contributed by atoms with E-state index in [1.165, 1.54) is 23.5 Å². The number of carbonyl (C=O) groups excluding carboxylic acids is 1. The van der Waals surface area contributed by atoms with Crippen molar-refractivity contribution >= 4 is 33.2 Å². The van der Waals surface area contributed by atoms with Crippen LogP contribution in [0.4, 0.5) is 5.69 Å². The third-order valence-corrected chi connectivity index (χ3v) is 7.94. The standard InChI is InChI=1S/C26H27ClN2O6S/c1-17-4-11-23-24(14-17)35-25(16-29(23)36(31,32)21-9-7-19(33-3)8-10-21)26(30)28-12-13-34-20-6-5-18(2)22(27)15-20/h4-11,14-15,25H,12-13,16H2,1-3H3,(H,28,30). The molecule has 1 amide bonds. The number of hydrogen-bond acceptors (Lipinski definition) is 6. The summed E-state index contributed by atoms with van der Waals surface area (Å²) in [6.45, 7) is 4.00. The molecule has 8 nitrogen and oxygen atoms in total. The van der Waals surface area contributed by atoms with Crippen molar-refractivity contribution in [3.8, 4) is 17.2 Å². The highest BCUT2D eigenvalue weighted by atomic mass is 35.5. The molecule has 1 heterocycles. The van der Waals surface area contributed by atoms with Crippen molar-refractivity contribution in [1.82, 2.24) is 5.32 Å². The number of benzene rings is 3. The van der Waals surface area contributed by atoms with Crippen LogP contribution in [0.5, 0.6) is 17.2 Å². The van der Waals surface area contributed by atoms with Crippen LogP contribution >= 0.6 is 11.6 Å². The number of anilines is 1. The quantitative estimate of drug-likeness (QED) is 0.440. The average molecular weight is 531 g/mol. The van der Waals surface area contributed by atoms with Crippen molar-refractivity contribution in [2.24, 2.45) is 0 Å². The lowest BCUT2D eigenvalue weighted by Gasteiger charge is -2.35. The molecular formula is C26H27ClN2O6S. The largest absolute Gasteiger partial charge is 0.497 e. The summed E-state index contributed by atoms with van der Waals surface area (Å²) in [5.41, 5.74) is 2.19. The maximum Gasteiger partial charge on any atom is 0.264 e. The Morgan fingerprint density at radius 1 is 1.08 bits per heavy atom. The number of carbonyl (C=O) groups is 1. The molecule has 1 atom stereocenters. The number of aryl methyl sites for hydroxylation is 2. The number of hydrogen-bond donors (Lipinski definition) is 1. The lowest BCUT2D eigenvalue weighted by Crippen LogP contribution is -2.51. The number of rotatable bonds is 8. The Morgan fingerprint density at radius 3 is 2.50 bits per heavy atom. The Bertz CT molecular complexity index is 1360. The minimum atomic E-state index is -3.97. The van der Waals surface area contributed by atoms with Gasteiger partial charge in [-0.2, -0.15) is 0 Å². The van der Waals surface area contributed by atoms with Gasteiger partial charge in [-0.1, -0.05) is 23.7 Å². The zero-order valence-electron chi connectivity index (χ0n) is 20.2. The van der Waals surface area contributed by atoms with E-state index in [0.717, 1.165) is 11.1 Å². The molecule has 190 valence electrons. The molecule has 36 heavy (non-hydrogen) atoms.